The first-order valence-electron chi connectivity index (χ1n) is 4.48. The number of fused-ring (bicyclic) bond motifs is 3. The van der Waals surface area contributed by atoms with Crippen LogP contribution >= 0.6 is 11.3 Å². The monoisotopic (exact) mass is 191 g/mol. The van der Waals surface area contributed by atoms with Gasteiger partial charge in [-0.1, -0.05) is 0 Å². The summed E-state index contributed by atoms with van der Waals surface area (Å²) in [5.74, 6) is 0. The van der Waals surface area contributed by atoms with Crippen molar-refractivity contribution in [2.24, 2.45) is 0 Å². The van der Waals surface area contributed by atoms with E-state index in [4.69, 9.17) is 0 Å². The van der Waals surface area contributed by atoms with Gasteiger partial charge in [0.1, 0.15) is 4.83 Å². The Hall–Kier alpha value is -1.09. The van der Waals surface area contributed by atoms with Crippen molar-refractivity contribution in [2.45, 2.75) is 19.3 Å². The van der Waals surface area contributed by atoms with Gasteiger partial charge in [-0.05, 0) is 24.8 Å². The first-order chi connectivity index (χ1) is 6.36. The summed E-state index contributed by atoms with van der Waals surface area (Å²) in [4.78, 5) is 17.2. The molecule has 0 aromatic carbocycles. The highest BCUT2D eigenvalue weighted by Gasteiger charge is 2.18. The zero-order valence-corrected chi connectivity index (χ0v) is 7.91. The zero-order valence-electron chi connectivity index (χ0n) is 7.09. The van der Waals surface area contributed by atoms with Crippen LogP contribution in [-0.2, 0) is 12.8 Å². The highest BCUT2D eigenvalue weighted by molar-refractivity contribution is 7.18. The Morgan fingerprint density at radius 3 is 3.23 bits per heavy atom. The van der Waals surface area contributed by atoms with E-state index in [1.807, 2.05) is 0 Å². The predicted molar refractivity (Wildman–Crippen MR) is 54.5 cm³/mol. The van der Waals surface area contributed by atoms with Crippen molar-refractivity contribution in [3.8, 4) is 0 Å². The van der Waals surface area contributed by atoms with Crippen LogP contribution in [0.3, 0.4) is 0 Å². The second-order valence-corrected chi connectivity index (χ2v) is 4.51. The molecule has 1 aliphatic carbocycles. The molecule has 0 atom stereocenters. The third kappa shape index (κ3) is 0.907. The third-order valence-electron chi connectivity index (χ3n) is 2.62. The number of aromatic nitrogens is 1. The lowest BCUT2D eigenvalue weighted by atomic mass is 10.2. The minimum atomic E-state index is 0.174. The predicted octanol–water partition coefficient (Wildman–Crippen LogP) is 2.08. The molecule has 66 valence electrons. The van der Waals surface area contributed by atoms with Crippen LogP contribution < -0.4 is 5.43 Å². The highest BCUT2D eigenvalue weighted by atomic mass is 32.1. The third-order valence-corrected chi connectivity index (χ3v) is 3.84. The van der Waals surface area contributed by atoms with Gasteiger partial charge in [0.15, 0.2) is 5.43 Å². The molecule has 2 heterocycles. The molecule has 0 spiro atoms. The molecule has 0 bridgehead atoms. The molecule has 3 rings (SSSR count). The van der Waals surface area contributed by atoms with E-state index >= 15 is 0 Å². The molecule has 3 heteroatoms. The van der Waals surface area contributed by atoms with Gasteiger partial charge in [-0.15, -0.1) is 11.3 Å². The number of nitrogens with one attached hydrogen (secondary N) is 1. The first-order valence-corrected chi connectivity index (χ1v) is 5.30. The molecule has 1 aliphatic rings. The Kier molecular flexibility index (Phi) is 1.38. The molecule has 2 nitrogen and oxygen atoms in total. The second-order valence-electron chi connectivity index (χ2n) is 3.40. The molecule has 0 fully saturated rings. The summed E-state index contributed by atoms with van der Waals surface area (Å²) < 4.78 is 0. The minimum absolute atomic E-state index is 0.174. The van der Waals surface area contributed by atoms with Gasteiger partial charge in [-0.3, -0.25) is 4.79 Å². The maximum absolute atomic E-state index is 11.6. The lowest BCUT2D eigenvalue weighted by Crippen LogP contribution is -1.99. The number of hydrogen-bond acceptors (Lipinski definition) is 2. The Morgan fingerprint density at radius 1 is 1.38 bits per heavy atom. The van der Waals surface area contributed by atoms with Crippen LogP contribution in [-0.4, -0.2) is 4.98 Å². The van der Waals surface area contributed by atoms with E-state index < -0.39 is 0 Å². The summed E-state index contributed by atoms with van der Waals surface area (Å²) in [6.07, 6.45) is 5.19. The van der Waals surface area contributed by atoms with Crippen molar-refractivity contribution in [1.82, 2.24) is 4.98 Å². The van der Waals surface area contributed by atoms with E-state index in [0.29, 0.717) is 0 Å². The van der Waals surface area contributed by atoms with E-state index in [1.165, 1.54) is 16.9 Å². The summed E-state index contributed by atoms with van der Waals surface area (Å²) in [7, 11) is 0. The number of pyridine rings is 1. The van der Waals surface area contributed by atoms with Crippen LogP contribution in [0.5, 0.6) is 0 Å². The maximum atomic E-state index is 11.6. The van der Waals surface area contributed by atoms with Crippen molar-refractivity contribution in [2.75, 3.05) is 0 Å². The maximum Gasteiger partial charge on any atom is 0.190 e. The van der Waals surface area contributed by atoms with Crippen LogP contribution in [0.25, 0.3) is 10.2 Å². The van der Waals surface area contributed by atoms with Crippen molar-refractivity contribution >= 4 is 21.6 Å². The number of H-pyrrole nitrogens is 1. The molecule has 2 aromatic heterocycles. The number of thiophene rings is 1. The normalized spacial score (nSPS) is 15.1. The second kappa shape index (κ2) is 2.45. The highest BCUT2D eigenvalue weighted by Crippen LogP contribution is 2.34. The number of rotatable bonds is 0. The molecular formula is C10H9NOS. The molecular weight excluding hydrogens is 182 g/mol. The molecule has 0 amide bonds. The van der Waals surface area contributed by atoms with Gasteiger partial charge in [0.05, 0.1) is 5.39 Å². The Balaban J connectivity index is 2.53. The number of hydrogen-bond donors (Lipinski definition) is 1. The van der Waals surface area contributed by atoms with Gasteiger partial charge in [0.25, 0.3) is 0 Å². The quantitative estimate of drug-likeness (QED) is 0.679. The summed E-state index contributed by atoms with van der Waals surface area (Å²) in [5, 5.41) is 0.944. The molecule has 2 aromatic rings. The fourth-order valence-corrected chi connectivity index (χ4v) is 3.32. The van der Waals surface area contributed by atoms with Crippen molar-refractivity contribution in [3.05, 3.63) is 32.9 Å². The van der Waals surface area contributed by atoms with Gasteiger partial charge in [0.2, 0.25) is 0 Å². The summed E-state index contributed by atoms with van der Waals surface area (Å²) in [6.45, 7) is 0. The van der Waals surface area contributed by atoms with Gasteiger partial charge in [-0.2, -0.15) is 0 Å². The smallest absolute Gasteiger partial charge is 0.190 e. The molecule has 0 radical (unpaired) electrons. The fourth-order valence-electron chi connectivity index (χ4n) is 2.04. The van der Waals surface area contributed by atoms with E-state index in [2.05, 4.69) is 4.98 Å². The molecule has 0 unspecified atom stereocenters. The molecule has 13 heavy (non-hydrogen) atoms. The molecule has 0 saturated carbocycles. The van der Waals surface area contributed by atoms with Crippen molar-refractivity contribution in [1.29, 1.82) is 0 Å². The lowest BCUT2D eigenvalue weighted by Gasteiger charge is -1.90. The molecule has 0 saturated heterocycles. The lowest BCUT2D eigenvalue weighted by molar-refractivity contribution is 0.917. The average Bonchev–Trinajstić information content (AvgIpc) is 2.62. The molecule has 0 aliphatic heterocycles. The Labute approximate surface area is 79.2 Å². The minimum Gasteiger partial charge on any atom is -0.353 e. The number of aromatic amines is 1. The Morgan fingerprint density at radius 2 is 2.31 bits per heavy atom. The van der Waals surface area contributed by atoms with E-state index in [9.17, 15) is 4.79 Å². The van der Waals surface area contributed by atoms with Gasteiger partial charge in [0, 0.05) is 17.1 Å². The topological polar surface area (TPSA) is 32.9 Å². The first kappa shape index (κ1) is 7.33. The summed E-state index contributed by atoms with van der Waals surface area (Å²) >= 11 is 1.74. The fraction of sp³-hybridized carbons (Fsp3) is 0.300. The standard InChI is InChI=1S/C10H9NOS/c12-7-4-5-11-10-9(7)6-2-1-3-8(6)13-10/h4-5H,1-3H2,(H,11,12). The largest absolute Gasteiger partial charge is 0.353 e. The Bertz CT molecular complexity index is 523. The average molecular weight is 191 g/mol. The van der Waals surface area contributed by atoms with Crippen LogP contribution in [0.4, 0.5) is 0 Å². The van der Waals surface area contributed by atoms with Gasteiger partial charge in [-0.25, -0.2) is 0 Å². The van der Waals surface area contributed by atoms with Crippen LogP contribution in [0, 0.1) is 0 Å². The van der Waals surface area contributed by atoms with E-state index in [-0.39, 0.29) is 5.43 Å². The van der Waals surface area contributed by atoms with E-state index in [0.717, 1.165) is 23.1 Å². The SMILES string of the molecule is O=c1cc[nH]c2sc3c(c12)CCC3. The van der Waals surface area contributed by atoms with Crippen LogP contribution in [0.1, 0.15) is 16.9 Å². The van der Waals surface area contributed by atoms with Crippen LogP contribution in [0.2, 0.25) is 0 Å². The number of aryl methyl sites for hydroxylation is 2. The van der Waals surface area contributed by atoms with Gasteiger partial charge >= 0.3 is 0 Å². The summed E-state index contributed by atoms with van der Waals surface area (Å²) in [6, 6.07) is 1.62. The summed E-state index contributed by atoms with van der Waals surface area (Å²) in [5.41, 5.74) is 1.48. The van der Waals surface area contributed by atoms with Crippen molar-refractivity contribution in [3.63, 3.8) is 0 Å². The van der Waals surface area contributed by atoms with Gasteiger partial charge < -0.3 is 4.98 Å². The zero-order chi connectivity index (χ0) is 8.84. The van der Waals surface area contributed by atoms with Crippen LogP contribution in [0.15, 0.2) is 17.1 Å². The van der Waals surface area contributed by atoms with E-state index in [1.54, 1.807) is 23.6 Å². The molecule has 1 N–H and O–H groups in total. The van der Waals surface area contributed by atoms with Crippen molar-refractivity contribution < 1.29 is 0 Å².